The normalized spacial score (nSPS) is 20.1. The van der Waals surface area contributed by atoms with Crippen LogP contribution in [0.5, 0.6) is 0 Å². The lowest BCUT2D eigenvalue weighted by atomic mass is 10.2. The number of methoxy groups -OCH3 is 2. The first-order chi connectivity index (χ1) is 8.42. The van der Waals surface area contributed by atoms with E-state index in [1.54, 1.807) is 0 Å². The highest BCUT2D eigenvalue weighted by molar-refractivity contribution is 7.92. The van der Waals surface area contributed by atoms with Gasteiger partial charge in [0, 0.05) is 12.0 Å². The third-order valence-corrected chi connectivity index (χ3v) is 4.15. The zero-order chi connectivity index (χ0) is 13.8. The number of sulfonamides is 1. The van der Waals surface area contributed by atoms with Crippen LogP contribution in [-0.2, 0) is 29.1 Å². The molecule has 0 aliphatic carbocycles. The van der Waals surface area contributed by atoms with Crippen LogP contribution in [0.15, 0.2) is 11.5 Å². The number of rotatable bonds is 4. The first-order valence-electron chi connectivity index (χ1n) is 5.25. The lowest BCUT2D eigenvalue weighted by molar-refractivity contribution is -0.151. The summed E-state index contributed by atoms with van der Waals surface area (Å²) in [4.78, 5) is 22.8. The molecule has 0 spiro atoms. The molecule has 1 rings (SSSR count). The molecule has 7 nitrogen and oxygen atoms in total. The van der Waals surface area contributed by atoms with E-state index in [9.17, 15) is 18.0 Å². The molecule has 0 saturated carbocycles. The molecule has 0 amide bonds. The van der Waals surface area contributed by atoms with Crippen molar-refractivity contribution in [2.24, 2.45) is 0 Å². The summed E-state index contributed by atoms with van der Waals surface area (Å²) >= 11 is 0. The molecule has 102 valence electrons. The lowest BCUT2D eigenvalue weighted by Gasteiger charge is -2.28. The van der Waals surface area contributed by atoms with Crippen LogP contribution in [0.4, 0.5) is 0 Å². The fraction of sp³-hybridized carbons (Fsp3) is 0.600. The minimum absolute atomic E-state index is 0.135. The minimum atomic E-state index is -3.69. The quantitative estimate of drug-likeness (QED) is 0.652. The average Bonchev–Trinajstić information content (AvgIpc) is 2.34. The van der Waals surface area contributed by atoms with Gasteiger partial charge in [0.05, 0.1) is 20.6 Å². The molecule has 0 aromatic rings. The molecule has 0 N–H and O–H groups in total. The van der Waals surface area contributed by atoms with Gasteiger partial charge < -0.3 is 9.47 Å². The van der Waals surface area contributed by atoms with Crippen LogP contribution >= 0.6 is 0 Å². The van der Waals surface area contributed by atoms with Crippen molar-refractivity contribution >= 4 is 22.0 Å². The molecular weight excluding hydrogens is 262 g/mol. The average molecular weight is 277 g/mol. The van der Waals surface area contributed by atoms with E-state index >= 15 is 0 Å². The van der Waals surface area contributed by atoms with Crippen molar-refractivity contribution in [3.8, 4) is 0 Å². The number of hydrogen-bond acceptors (Lipinski definition) is 6. The van der Waals surface area contributed by atoms with Gasteiger partial charge in [-0.3, -0.25) is 9.59 Å². The van der Waals surface area contributed by atoms with Crippen LogP contribution in [0.1, 0.15) is 12.8 Å². The fourth-order valence-electron chi connectivity index (χ4n) is 1.61. The number of ether oxygens (including phenoxy) is 2. The topological polar surface area (TPSA) is 90.0 Å². The highest BCUT2D eigenvalue weighted by Gasteiger charge is 2.37. The van der Waals surface area contributed by atoms with Crippen molar-refractivity contribution in [3.63, 3.8) is 0 Å². The molecule has 0 aromatic heterocycles. The molecule has 0 fully saturated rings. The maximum atomic E-state index is 11.8. The Kier molecular flexibility index (Phi) is 4.85. The first-order valence-corrected chi connectivity index (χ1v) is 6.75. The van der Waals surface area contributed by atoms with Gasteiger partial charge in [0.2, 0.25) is 10.0 Å². The molecule has 0 aromatic carbocycles. The Morgan fingerprint density at radius 2 is 2.00 bits per heavy atom. The van der Waals surface area contributed by atoms with Crippen LogP contribution in [0.25, 0.3) is 0 Å². The summed E-state index contributed by atoms with van der Waals surface area (Å²) in [6.45, 7) is 0.135. The van der Waals surface area contributed by atoms with E-state index in [0.29, 0.717) is 6.42 Å². The summed E-state index contributed by atoms with van der Waals surface area (Å²) < 4.78 is 33.5. The van der Waals surface area contributed by atoms with E-state index in [2.05, 4.69) is 9.47 Å². The highest BCUT2D eigenvalue weighted by atomic mass is 32.2. The Balaban J connectivity index is 2.99. The molecule has 0 saturated heterocycles. The molecule has 8 heteroatoms. The van der Waals surface area contributed by atoms with Crippen molar-refractivity contribution < 1.29 is 27.5 Å². The van der Waals surface area contributed by atoms with Gasteiger partial charge in [-0.2, -0.15) is 4.31 Å². The highest BCUT2D eigenvalue weighted by Crippen LogP contribution is 2.18. The maximum Gasteiger partial charge on any atom is 0.324 e. The number of carbonyl (C=O) groups excluding carboxylic acids is 2. The van der Waals surface area contributed by atoms with Gasteiger partial charge in [-0.25, -0.2) is 8.42 Å². The predicted molar refractivity (Wildman–Crippen MR) is 61.8 cm³/mol. The van der Waals surface area contributed by atoms with Gasteiger partial charge in [0.25, 0.3) is 0 Å². The van der Waals surface area contributed by atoms with Crippen LogP contribution < -0.4 is 0 Å². The second-order valence-electron chi connectivity index (χ2n) is 3.64. The molecule has 0 radical (unpaired) electrons. The summed E-state index contributed by atoms with van der Waals surface area (Å²) in [6.07, 6.45) is 1.61. The standard InChI is InChI=1S/C10H15NO6S/c1-16-9(12)7-8(10(13)17-2)11-5-3-4-6-18(11,14)15/h4,6,8H,3,5,7H2,1-2H3/t8-/m0/s1. The molecule has 1 aliphatic rings. The van der Waals surface area contributed by atoms with Crippen molar-refractivity contribution in [1.82, 2.24) is 4.31 Å². The van der Waals surface area contributed by atoms with E-state index in [1.807, 2.05) is 0 Å². The molecule has 1 heterocycles. The molecule has 18 heavy (non-hydrogen) atoms. The monoisotopic (exact) mass is 277 g/mol. The maximum absolute atomic E-state index is 11.8. The SMILES string of the molecule is COC(=O)C[C@@H](C(=O)OC)N1CCC=CS1(=O)=O. The van der Waals surface area contributed by atoms with E-state index in [4.69, 9.17) is 0 Å². The Hall–Kier alpha value is -1.41. The molecule has 0 unspecified atom stereocenters. The second kappa shape index (κ2) is 5.96. The van der Waals surface area contributed by atoms with E-state index in [0.717, 1.165) is 16.8 Å². The van der Waals surface area contributed by atoms with Gasteiger partial charge >= 0.3 is 11.9 Å². The Labute approximate surface area is 105 Å². The number of carbonyl (C=O) groups is 2. The van der Waals surface area contributed by atoms with Crippen LogP contribution in [0, 0.1) is 0 Å². The summed E-state index contributed by atoms with van der Waals surface area (Å²) in [5.41, 5.74) is 0. The minimum Gasteiger partial charge on any atom is -0.469 e. The van der Waals surface area contributed by atoms with E-state index < -0.39 is 28.0 Å². The summed E-state index contributed by atoms with van der Waals surface area (Å²) in [6, 6.07) is -1.18. The number of hydrogen-bond donors (Lipinski definition) is 0. The van der Waals surface area contributed by atoms with Crippen LogP contribution in [-0.4, -0.2) is 51.5 Å². The largest absolute Gasteiger partial charge is 0.469 e. The third kappa shape index (κ3) is 3.30. The molecule has 1 aliphatic heterocycles. The van der Waals surface area contributed by atoms with Gasteiger partial charge in [0.15, 0.2) is 0 Å². The molecule has 0 bridgehead atoms. The van der Waals surface area contributed by atoms with Gasteiger partial charge in [0.1, 0.15) is 6.04 Å². The van der Waals surface area contributed by atoms with Crippen molar-refractivity contribution in [1.29, 1.82) is 0 Å². The van der Waals surface area contributed by atoms with Crippen molar-refractivity contribution in [2.45, 2.75) is 18.9 Å². The van der Waals surface area contributed by atoms with E-state index in [1.165, 1.54) is 13.2 Å². The summed E-state index contributed by atoms with van der Waals surface area (Å²) in [5.74, 6) is -1.45. The molecule has 1 atom stereocenters. The third-order valence-electron chi connectivity index (χ3n) is 2.52. The van der Waals surface area contributed by atoms with Crippen LogP contribution in [0.2, 0.25) is 0 Å². The zero-order valence-corrected chi connectivity index (χ0v) is 11.0. The summed E-state index contributed by atoms with van der Waals surface area (Å²) in [5, 5.41) is 1.02. The number of esters is 2. The zero-order valence-electron chi connectivity index (χ0n) is 10.2. The van der Waals surface area contributed by atoms with Crippen molar-refractivity contribution in [2.75, 3.05) is 20.8 Å². The second-order valence-corrected chi connectivity index (χ2v) is 5.41. The Morgan fingerprint density at radius 3 is 2.50 bits per heavy atom. The van der Waals surface area contributed by atoms with Gasteiger partial charge in [-0.05, 0) is 6.42 Å². The smallest absolute Gasteiger partial charge is 0.324 e. The van der Waals surface area contributed by atoms with Crippen LogP contribution in [0.3, 0.4) is 0 Å². The predicted octanol–water partition coefficient (Wildman–Crippen LogP) is -0.360. The fourth-order valence-corrected chi connectivity index (χ4v) is 3.02. The first kappa shape index (κ1) is 14.7. The summed E-state index contributed by atoms with van der Waals surface area (Å²) in [7, 11) is -1.38. The van der Waals surface area contributed by atoms with Gasteiger partial charge in [-0.15, -0.1) is 0 Å². The van der Waals surface area contributed by atoms with Gasteiger partial charge in [-0.1, -0.05) is 6.08 Å². The van der Waals surface area contributed by atoms with E-state index in [-0.39, 0.29) is 13.0 Å². The molecular formula is C10H15NO6S. The lowest BCUT2D eigenvalue weighted by Crippen LogP contribution is -2.47. The Morgan fingerprint density at radius 1 is 1.33 bits per heavy atom. The Bertz CT molecular complexity index is 455. The number of nitrogens with zero attached hydrogens (tertiary/aromatic N) is 1. The van der Waals surface area contributed by atoms with Crippen molar-refractivity contribution in [3.05, 3.63) is 11.5 Å².